The molecule has 1 fully saturated rings. The van der Waals surface area contributed by atoms with Gasteiger partial charge in [0, 0.05) is 12.6 Å². The first kappa shape index (κ1) is 13.5. The fourth-order valence-electron chi connectivity index (χ4n) is 1.76. The Kier molecular flexibility index (Phi) is 5.77. The zero-order chi connectivity index (χ0) is 12.0. The first-order valence-electron chi connectivity index (χ1n) is 6.18. The Labute approximate surface area is 97.4 Å². The number of aliphatic hydroxyl groups excluding tert-OH is 1. The van der Waals surface area contributed by atoms with Crippen LogP contribution in [-0.4, -0.2) is 36.4 Å². The van der Waals surface area contributed by atoms with E-state index in [1.54, 1.807) is 6.92 Å². The van der Waals surface area contributed by atoms with Crippen molar-refractivity contribution in [3.8, 4) is 0 Å². The number of nitrogens with one attached hydrogen (secondary N) is 1. The van der Waals surface area contributed by atoms with Gasteiger partial charge in [-0.3, -0.25) is 4.79 Å². The Morgan fingerprint density at radius 1 is 1.56 bits per heavy atom. The fraction of sp³-hybridized carbons (Fsp3) is 0.917. The van der Waals surface area contributed by atoms with Crippen molar-refractivity contribution in [2.75, 3.05) is 13.2 Å². The average molecular weight is 229 g/mol. The van der Waals surface area contributed by atoms with Crippen LogP contribution in [0.15, 0.2) is 0 Å². The average Bonchev–Trinajstić information content (AvgIpc) is 2.99. The van der Waals surface area contributed by atoms with Crippen LogP contribution in [0.3, 0.4) is 0 Å². The van der Waals surface area contributed by atoms with Crippen LogP contribution < -0.4 is 5.32 Å². The minimum atomic E-state index is -0.638. The molecule has 0 amide bonds. The Hall–Kier alpha value is -0.610. The molecule has 0 radical (unpaired) electrons. The Morgan fingerprint density at radius 2 is 2.25 bits per heavy atom. The van der Waals surface area contributed by atoms with Crippen molar-refractivity contribution in [3.63, 3.8) is 0 Å². The quantitative estimate of drug-likeness (QED) is 0.611. The lowest BCUT2D eigenvalue weighted by Crippen LogP contribution is -2.35. The second kappa shape index (κ2) is 6.86. The largest absolute Gasteiger partial charge is 0.466 e. The van der Waals surface area contributed by atoms with Crippen LogP contribution in [0.2, 0.25) is 0 Å². The molecular formula is C12H23NO3. The van der Waals surface area contributed by atoms with Crippen molar-refractivity contribution < 1.29 is 14.6 Å². The van der Waals surface area contributed by atoms with Gasteiger partial charge in [-0.2, -0.15) is 0 Å². The van der Waals surface area contributed by atoms with Crippen molar-refractivity contribution in [2.45, 2.75) is 51.7 Å². The Morgan fingerprint density at radius 3 is 2.81 bits per heavy atom. The van der Waals surface area contributed by atoms with Crippen molar-refractivity contribution in [1.29, 1.82) is 0 Å². The van der Waals surface area contributed by atoms with Gasteiger partial charge in [0.1, 0.15) is 0 Å². The standard InChI is InChI=1S/C12H23NO3/c1-3-16-12(15)7-11(14)8-13-9(2)6-10-4-5-10/h9-11,13-14H,3-8H2,1-2H3. The molecule has 4 nitrogen and oxygen atoms in total. The van der Waals surface area contributed by atoms with E-state index in [4.69, 9.17) is 4.74 Å². The summed E-state index contributed by atoms with van der Waals surface area (Å²) in [5.41, 5.74) is 0. The maximum Gasteiger partial charge on any atom is 0.308 e. The number of carbonyl (C=O) groups excluding carboxylic acids is 1. The third kappa shape index (κ3) is 6.08. The van der Waals surface area contributed by atoms with Gasteiger partial charge < -0.3 is 15.2 Å². The van der Waals surface area contributed by atoms with Crippen LogP contribution in [0, 0.1) is 5.92 Å². The number of carbonyl (C=O) groups is 1. The lowest BCUT2D eigenvalue weighted by molar-refractivity contribution is -0.145. The molecule has 1 aliphatic rings. The third-order valence-electron chi connectivity index (χ3n) is 2.79. The minimum absolute atomic E-state index is 0.0803. The maximum atomic E-state index is 11.1. The topological polar surface area (TPSA) is 58.6 Å². The van der Waals surface area contributed by atoms with Crippen molar-refractivity contribution in [2.24, 2.45) is 5.92 Å². The van der Waals surface area contributed by atoms with E-state index < -0.39 is 6.10 Å². The molecule has 1 rings (SSSR count). The van der Waals surface area contributed by atoms with E-state index in [2.05, 4.69) is 12.2 Å². The lowest BCUT2D eigenvalue weighted by atomic mass is 10.1. The van der Waals surface area contributed by atoms with E-state index in [0.29, 0.717) is 19.2 Å². The molecule has 4 heteroatoms. The van der Waals surface area contributed by atoms with Gasteiger partial charge in [0.15, 0.2) is 0 Å². The van der Waals surface area contributed by atoms with Gasteiger partial charge >= 0.3 is 5.97 Å². The highest BCUT2D eigenvalue weighted by atomic mass is 16.5. The van der Waals surface area contributed by atoms with E-state index in [1.165, 1.54) is 19.3 Å². The molecule has 0 aliphatic heterocycles. The second-order valence-corrected chi connectivity index (χ2v) is 4.65. The van der Waals surface area contributed by atoms with Gasteiger partial charge in [-0.15, -0.1) is 0 Å². The SMILES string of the molecule is CCOC(=O)CC(O)CNC(C)CC1CC1. The smallest absolute Gasteiger partial charge is 0.308 e. The Balaban J connectivity index is 2.03. The van der Waals surface area contributed by atoms with E-state index in [1.807, 2.05) is 0 Å². The van der Waals surface area contributed by atoms with Gasteiger partial charge in [0.05, 0.1) is 19.1 Å². The summed E-state index contributed by atoms with van der Waals surface area (Å²) in [5, 5.41) is 12.8. The van der Waals surface area contributed by atoms with Gasteiger partial charge in [-0.1, -0.05) is 12.8 Å². The molecule has 94 valence electrons. The van der Waals surface area contributed by atoms with Crippen LogP contribution in [-0.2, 0) is 9.53 Å². The summed E-state index contributed by atoms with van der Waals surface area (Å²) in [4.78, 5) is 11.1. The summed E-state index contributed by atoms with van der Waals surface area (Å²) < 4.78 is 4.77. The number of hydrogen-bond acceptors (Lipinski definition) is 4. The summed E-state index contributed by atoms with van der Waals surface area (Å²) in [6.45, 7) is 4.72. The van der Waals surface area contributed by atoms with E-state index in [-0.39, 0.29) is 12.4 Å². The summed E-state index contributed by atoms with van der Waals surface area (Å²) in [7, 11) is 0. The number of esters is 1. The van der Waals surface area contributed by atoms with Gasteiger partial charge in [0.25, 0.3) is 0 Å². The zero-order valence-corrected chi connectivity index (χ0v) is 10.2. The molecule has 0 heterocycles. The zero-order valence-electron chi connectivity index (χ0n) is 10.2. The fourth-order valence-corrected chi connectivity index (χ4v) is 1.76. The first-order chi connectivity index (χ1) is 7.61. The normalized spacial score (nSPS) is 19.2. The molecule has 0 bridgehead atoms. The second-order valence-electron chi connectivity index (χ2n) is 4.65. The van der Waals surface area contributed by atoms with Gasteiger partial charge in [-0.05, 0) is 26.2 Å². The van der Waals surface area contributed by atoms with Crippen molar-refractivity contribution in [3.05, 3.63) is 0 Å². The summed E-state index contributed by atoms with van der Waals surface area (Å²) in [6.07, 6.45) is 3.30. The van der Waals surface area contributed by atoms with Crippen LogP contribution in [0.1, 0.15) is 39.5 Å². The molecule has 1 saturated carbocycles. The summed E-state index contributed by atoms with van der Waals surface area (Å²) in [5.74, 6) is 0.552. The predicted octanol–water partition coefficient (Wildman–Crippen LogP) is 1.08. The van der Waals surface area contributed by atoms with Crippen LogP contribution in [0.25, 0.3) is 0 Å². The molecule has 2 atom stereocenters. The number of aliphatic hydroxyl groups is 1. The number of hydrogen-bond donors (Lipinski definition) is 2. The monoisotopic (exact) mass is 229 g/mol. The highest BCUT2D eigenvalue weighted by Gasteiger charge is 2.23. The van der Waals surface area contributed by atoms with E-state index in [9.17, 15) is 9.90 Å². The van der Waals surface area contributed by atoms with Crippen molar-refractivity contribution in [1.82, 2.24) is 5.32 Å². The van der Waals surface area contributed by atoms with E-state index in [0.717, 1.165) is 5.92 Å². The first-order valence-corrected chi connectivity index (χ1v) is 6.18. The molecule has 0 aromatic carbocycles. The summed E-state index contributed by atoms with van der Waals surface area (Å²) in [6, 6.07) is 0.421. The van der Waals surface area contributed by atoms with Crippen LogP contribution in [0.4, 0.5) is 0 Å². The Bertz CT molecular complexity index is 216. The molecule has 2 N–H and O–H groups in total. The molecule has 16 heavy (non-hydrogen) atoms. The highest BCUT2D eigenvalue weighted by Crippen LogP contribution is 2.33. The van der Waals surface area contributed by atoms with Crippen LogP contribution >= 0.6 is 0 Å². The number of rotatable bonds is 8. The molecule has 0 saturated heterocycles. The maximum absolute atomic E-state index is 11.1. The summed E-state index contributed by atoms with van der Waals surface area (Å²) >= 11 is 0. The molecule has 0 spiro atoms. The third-order valence-corrected chi connectivity index (χ3v) is 2.79. The molecule has 0 aromatic rings. The minimum Gasteiger partial charge on any atom is -0.466 e. The van der Waals surface area contributed by atoms with Crippen molar-refractivity contribution >= 4 is 5.97 Å². The van der Waals surface area contributed by atoms with Gasteiger partial charge in [-0.25, -0.2) is 0 Å². The van der Waals surface area contributed by atoms with E-state index >= 15 is 0 Å². The van der Waals surface area contributed by atoms with Crippen LogP contribution in [0.5, 0.6) is 0 Å². The molecule has 2 unspecified atom stereocenters. The predicted molar refractivity (Wildman–Crippen MR) is 62.1 cm³/mol. The molecule has 0 aromatic heterocycles. The van der Waals surface area contributed by atoms with Gasteiger partial charge in [0.2, 0.25) is 0 Å². The highest BCUT2D eigenvalue weighted by molar-refractivity contribution is 5.69. The lowest BCUT2D eigenvalue weighted by Gasteiger charge is -2.16. The number of ether oxygens (including phenoxy) is 1. The molecule has 1 aliphatic carbocycles. The molecular weight excluding hydrogens is 206 g/mol.